The Labute approximate surface area is 116 Å². The number of fused-ring (bicyclic) bond motifs is 1. The van der Waals surface area contributed by atoms with Gasteiger partial charge < -0.3 is 19.3 Å². The van der Waals surface area contributed by atoms with Gasteiger partial charge in [-0.25, -0.2) is 4.79 Å². The summed E-state index contributed by atoms with van der Waals surface area (Å²) >= 11 is 0. The highest BCUT2D eigenvalue weighted by Gasteiger charge is 2.27. The minimum absolute atomic E-state index is 0.261. The number of hydrogen-bond donors (Lipinski definition) is 1. The van der Waals surface area contributed by atoms with Crippen molar-refractivity contribution in [3.8, 4) is 11.5 Å². The van der Waals surface area contributed by atoms with Crippen LogP contribution in [0.5, 0.6) is 11.5 Å². The Bertz CT molecular complexity index is 531. The Morgan fingerprint density at radius 3 is 2.90 bits per heavy atom. The number of hydrogen-bond acceptors (Lipinski definition) is 5. The lowest BCUT2D eigenvalue weighted by atomic mass is 10.1. The molecule has 1 fully saturated rings. The van der Waals surface area contributed by atoms with Crippen molar-refractivity contribution in [3.05, 3.63) is 23.3 Å². The fourth-order valence-corrected chi connectivity index (χ4v) is 2.49. The second kappa shape index (κ2) is 5.30. The Morgan fingerprint density at radius 2 is 2.15 bits per heavy atom. The molecule has 2 aliphatic heterocycles. The van der Waals surface area contributed by atoms with E-state index in [-0.39, 0.29) is 6.79 Å². The van der Waals surface area contributed by atoms with Crippen molar-refractivity contribution in [1.29, 1.82) is 0 Å². The van der Waals surface area contributed by atoms with Gasteiger partial charge in [0.25, 0.3) is 0 Å². The van der Waals surface area contributed by atoms with Gasteiger partial charge in [0.2, 0.25) is 6.79 Å². The van der Waals surface area contributed by atoms with Crippen LogP contribution in [0, 0.1) is 6.92 Å². The Kier molecular flexibility index (Phi) is 3.50. The SMILES string of the molecule is Cc1cc2c(cc1CN1CCO[C@@H](C(=O)O)C1)OCO2. The number of aryl methyl sites for hydroxylation is 1. The highest BCUT2D eigenvalue weighted by atomic mass is 16.7. The molecular weight excluding hydrogens is 262 g/mol. The van der Waals surface area contributed by atoms with Gasteiger partial charge in [0.1, 0.15) is 0 Å². The number of rotatable bonds is 3. The molecule has 1 atom stereocenters. The summed E-state index contributed by atoms with van der Waals surface area (Å²) in [5, 5.41) is 9.02. The van der Waals surface area contributed by atoms with Gasteiger partial charge in [-0.15, -0.1) is 0 Å². The van der Waals surface area contributed by atoms with E-state index in [0.717, 1.165) is 29.2 Å². The minimum Gasteiger partial charge on any atom is -0.479 e. The summed E-state index contributed by atoms with van der Waals surface area (Å²) in [4.78, 5) is 13.1. The molecule has 0 radical (unpaired) electrons. The van der Waals surface area contributed by atoms with Crippen molar-refractivity contribution in [2.45, 2.75) is 19.6 Å². The summed E-state index contributed by atoms with van der Waals surface area (Å²) in [7, 11) is 0. The van der Waals surface area contributed by atoms with Crippen molar-refractivity contribution < 1.29 is 24.1 Å². The fourth-order valence-electron chi connectivity index (χ4n) is 2.49. The van der Waals surface area contributed by atoms with E-state index >= 15 is 0 Å². The smallest absolute Gasteiger partial charge is 0.334 e. The van der Waals surface area contributed by atoms with E-state index in [0.29, 0.717) is 19.7 Å². The second-order valence-electron chi connectivity index (χ2n) is 5.06. The molecule has 0 bridgehead atoms. The maximum absolute atomic E-state index is 11.0. The monoisotopic (exact) mass is 279 g/mol. The highest BCUT2D eigenvalue weighted by Crippen LogP contribution is 2.35. The molecule has 6 heteroatoms. The lowest BCUT2D eigenvalue weighted by Crippen LogP contribution is -2.45. The summed E-state index contributed by atoms with van der Waals surface area (Å²) in [5.74, 6) is 0.627. The average molecular weight is 279 g/mol. The number of ether oxygens (including phenoxy) is 3. The fraction of sp³-hybridized carbons (Fsp3) is 0.500. The molecule has 3 rings (SSSR count). The van der Waals surface area contributed by atoms with Crippen molar-refractivity contribution in [2.75, 3.05) is 26.5 Å². The molecule has 0 unspecified atom stereocenters. The van der Waals surface area contributed by atoms with Crippen LogP contribution in [-0.2, 0) is 16.1 Å². The Morgan fingerprint density at radius 1 is 1.40 bits per heavy atom. The first-order valence-corrected chi connectivity index (χ1v) is 6.59. The lowest BCUT2D eigenvalue weighted by molar-refractivity contribution is -0.156. The van der Waals surface area contributed by atoms with Gasteiger partial charge >= 0.3 is 5.97 Å². The van der Waals surface area contributed by atoms with Gasteiger partial charge in [-0.3, -0.25) is 4.90 Å². The standard InChI is InChI=1S/C14H17NO5/c1-9-4-11-12(20-8-19-11)5-10(9)6-15-2-3-18-13(7-15)14(16)17/h4-5,13H,2-3,6-8H2,1H3,(H,16,17)/t13-/m1/s1. The van der Waals surface area contributed by atoms with Crippen LogP contribution in [0.3, 0.4) is 0 Å². The number of aliphatic carboxylic acids is 1. The van der Waals surface area contributed by atoms with Crippen LogP contribution >= 0.6 is 0 Å². The topological polar surface area (TPSA) is 68.2 Å². The summed E-state index contributed by atoms with van der Waals surface area (Å²) in [6.07, 6.45) is -0.738. The first kappa shape index (κ1) is 13.2. The number of morpholine rings is 1. The molecule has 1 aromatic rings. The number of carboxylic acid groups (broad SMARTS) is 1. The maximum atomic E-state index is 11.0. The van der Waals surface area contributed by atoms with Crippen LogP contribution in [0.2, 0.25) is 0 Å². The predicted octanol–water partition coefficient (Wildman–Crippen LogP) is 1.01. The van der Waals surface area contributed by atoms with Crippen molar-refractivity contribution in [1.82, 2.24) is 4.90 Å². The number of benzene rings is 1. The molecule has 0 aromatic heterocycles. The summed E-state index contributed by atoms with van der Waals surface area (Å²) in [6.45, 7) is 4.56. The molecule has 20 heavy (non-hydrogen) atoms. The molecule has 0 amide bonds. The summed E-state index contributed by atoms with van der Waals surface area (Å²) < 4.78 is 15.9. The normalized spacial score (nSPS) is 21.9. The van der Waals surface area contributed by atoms with Gasteiger partial charge in [0.05, 0.1) is 6.61 Å². The highest BCUT2D eigenvalue weighted by molar-refractivity contribution is 5.72. The van der Waals surface area contributed by atoms with E-state index in [4.69, 9.17) is 19.3 Å². The largest absolute Gasteiger partial charge is 0.479 e. The van der Waals surface area contributed by atoms with Crippen molar-refractivity contribution >= 4 is 5.97 Å². The maximum Gasteiger partial charge on any atom is 0.334 e. The van der Waals surface area contributed by atoms with E-state index in [1.807, 2.05) is 19.1 Å². The van der Waals surface area contributed by atoms with Crippen molar-refractivity contribution in [2.24, 2.45) is 0 Å². The zero-order chi connectivity index (χ0) is 14.1. The van der Waals surface area contributed by atoms with Crippen LogP contribution in [0.4, 0.5) is 0 Å². The van der Waals surface area contributed by atoms with Crippen LogP contribution in [0.15, 0.2) is 12.1 Å². The summed E-state index contributed by atoms with van der Waals surface area (Å²) in [6, 6.07) is 3.94. The summed E-state index contributed by atoms with van der Waals surface area (Å²) in [5.41, 5.74) is 2.24. The van der Waals surface area contributed by atoms with E-state index in [1.54, 1.807) is 0 Å². The van der Waals surface area contributed by atoms with Crippen molar-refractivity contribution in [3.63, 3.8) is 0 Å². The third-order valence-electron chi connectivity index (χ3n) is 3.65. The van der Waals surface area contributed by atoms with Gasteiger partial charge in [0.15, 0.2) is 17.6 Å². The third-order valence-corrected chi connectivity index (χ3v) is 3.65. The zero-order valence-electron chi connectivity index (χ0n) is 11.3. The molecule has 1 aromatic carbocycles. The van der Waals surface area contributed by atoms with Gasteiger partial charge in [-0.1, -0.05) is 0 Å². The first-order valence-electron chi connectivity index (χ1n) is 6.59. The lowest BCUT2D eigenvalue weighted by Gasteiger charge is -2.31. The molecule has 108 valence electrons. The molecule has 1 N–H and O–H groups in total. The van der Waals surface area contributed by atoms with E-state index < -0.39 is 12.1 Å². The zero-order valence-corrected chi connectivity index (χ0v) is 11.3. The molecule has 6 nitrogen and oxygen atoms in total. The van der Waals surface area contributed by atoms with E-state index in [9.17, 15) is 4.79 Å². The average Bonchev–Trinajstić information content (AvgIpc) is 2.86. The van der Waals surface area contributed by atoms with Gasteiger partial charge in [0, 0.05) is 19.6 Å². The van der Waals surface area contributed by atoms with E-state index in [2.05, 4.69) is 4.90 Å². The number of carboxylic acids is 1. The number of carbonyl (C=O) groups is 1. The molecule has 2 heterocycles. The molecule has 2 aliphatic rings. The number of nitrogens with zero attached hydrogens (tertiary/aromatic N) is 1. The minimum atomic E-state index is -0.905. The van der Waals surface area contributed by atoms with Gasteiger partial charge in [-0.05, 0) is 30.2 Å². The molecule has 0 spiro atoms. The Balaban J connectivity index is 1.73. The van der Waals surface area contributed by atoms with Crippen LogP contribution < -0.4 is 9.47 Å². The molecule has 0 saturated carbocycles. The van der Waals surface area contributed by atoms with E-state index in [1.165, 1.54) is 0 Å². The van der Waals surface area contributed by atoms with Crippen LogP contribution in [-0.4, -0.2) is 48.6 Å². The quantitative estimate of drug-likeness (QED) is 0.890. The second-order valence-corrected chi connectivity index (χ2v) is 5.06. The molecule has 1 saturated heterocycles. The first-order chi connectivity index (χ1) is 9.63. The van der Waals surface area contributed by atoms with Crippen LogP contribution in [0.1, 0.15) is 11.1 Å². The molecule has 0 aliphatic carbocycles. The molecular formula is C14H17NO5. The third kappa shape index (κ3) is 2.57. The van der Waals surface area contributed by atoms with Crippen LogP contribution in [0.25, 0.3) is 0 Å². The Hall–Kier alpha value is -1.79. The predicted molar refractivity (Wildman–Crippen MR) is 70.0 cm³/mol. The van der Waals surface area contributed by atoms with Gasteiger partial charge in [-0.2, -0.15) is 0 Å².